The molecule has 0 atom stereocenters. The third-order valence-corrected chi connectivity index (χ3v) is 2.22. The Morgan fingerprint density at radius 3 is 2.76 bits per heavy atom. The summed E-state index contributed by atoms with van der Waals surface area (Å²) in [5, 5.41) is 12.1. The van der Waals surface area contributed by atoms with Crippen molar-refractivity contribution in [2.45, 2.75) is 20.0 Å². The standard InChI is InChI=1S/C13H18N2O2/c1-10(2)17-7-6-15-13-8-12(16-3)5-4-11(13)9-14/h4-5,8,10,15H,6-7H2,1-3H3. The van der Waals surface area contributed by atoms with E-state index < -0.39 is 0 Å². The number of anilines is 1. The van der Waals surface area contributed by atoms with Crippen LogP contribution in [0.4, 0.5) is 5.69 Å². The summed E-state index contributed by atoms with van der Waals surface area (Å²) in [6, 6.07) is 7.46. The monoisotopic (exact) mass is 234 g/mol. The predicted octanol–water partition coefficient (Wildman–Crippen LogP) is 2.40. The summed E-state index contributed by atoms with van der Waals surface area (Å²) in [6.45, 7) is 5.26. The van der Waals surface area contributed by atoms with Crippen LogP contribution < -0.4 is 10.1 Å². The number of nitrogens with one attached hydrogen (secondary N) is 1. The predicted molar refractivity (Wildman–Crippen MR) is 67.3 cm³/mol. The highest BCUT2D eigenvalue weighted by molar-refractivity contribution is 5.60. The van der Waals surface area contributed by atoms with Gasteiger partial charge >= 0.3 is 0 Å². The molecule has 0 aromatic heterocycles. The highest BCUT2D eigenvalue weighted by Crippen LogP contribution is 2.21. The van der Waals surface area contributed by atoms with Gasteiger partial charge in [0.25, 0.3) is 0 Å². The van der Waals surface area contributed by atoms with Crippen LogP contribution in [-0.2, 0) is 4.74 Å². The van der Waals surface area contributed by atoms with Gasteiger partial charge in [0.15, 0.2) is 0 Å². The molecule has 0 saturated carbocycles. The highest BCUT2D eigenvalue weighted by Gasteiger charge is 2.03. The van der Waals surface area contributed by atoms with Crippen LogP contribution >= 0.6 is 0 Å². The van der Waals surface area contributed by atoms with Gasteiger partial charge < -0.3 is 14.8 Å². The number of methoxy groups -OCH3 is 1. The van der Waals surface area contributed by atoms with Crippen molar-refractivity contribution in [1.82, 2.24) is 0 Å². The van der Waals surface area contributed by atoms with Crippen LogP contribution in [0.15, 0.2) is 18.2 Å². The molecule has 92 valence electrons. The molecule has 17 heavy (non-hydrogen) atoms. The average molecular weight is 234 g/mol. The molecular weight excluding hydrogens is 216 g/mol. The lowest BCUT2D eigenvalue weighted by Gasteiger charge is -2.11. The lowest BCUT2D eigenvalue weighted by Crippen LogP contribution is -2.13. The number of hydrogen-bond acceptors (Lipinski definition) is 4. The zero-order valence-corrected chi connectivity index (χ0v) is 10.5. The van der Waals surface area contributed by atoms with Crippen molar-refractivity contribution in [2.24, 2.45) is 0 Å². The maximum absolute atomic E-state index is 8.96. The summed E-state index contributed by atoms with van der Waals surface area (Å²) in [6.07, 6.45) is 0.220. The fourth-order valence-corrected chi connectivity index (χ4v) is 1.37. The van der Waals surface area contributed by atoms with E-state index in [0.29, 0.717) is 18.7 Å². The van der Waals surface area contributed by atoms with Crippen LogP contribution in [-0.4, -0.2) is 26.4 Å². The van der Waals surface area contributed by atoms with Gasteiger partial charge in [0, 0.05) is 12.6 Å². The molecule has 1 aromatic rings. The number of benzene rings is 1. The molecule has 0 radical (unpaired) electrons. The van der Waals surface area contributed by atoms with Gasteiger partial charge in [-0.25, -0.2) is 0 Å². The van der Waals surface area contributed by atoms with E-state index in [9.17, 15) is 0 Å². The number of hydrogen-bond donors (Lipinski definition) is 1. The fraction of sp³-hybridized carbons (Fsp3) is 0.462. The minimum Gasteiger partial charge on any atom is -0.497 e. The molecule has 0 bridgehead atoms. The molecule has 4 nitrogen and oxygen atoms in total. The SMILES string of the molecule is COc1ccc(C#N)c(NCCOC(C)C)c1. The Bertz CT molecular complexity index is 397. The van der Waals surface area contributed by atoms with Gasteiger partial charge in [-0.05, 0) is 26.0 Å². The van der Waals surface area contributed by atoms with E-state index >= 15 is 0 Å². The molecule has 1 N–H and O–H groups in total. The van der Waals surface area contributed by atoms with Crippen LogP contribution in [0.3, 0.4) is 0 Å². The normalized spacial score (nSPS) is 10.1. The van der Waals surface area contributed by atoms with Crippen molar-refractivity contribution in [3.05, 3.63) is 23.8 Å². The first-order valence-electron chi connectivity index (χ1n) is 5.61. The lowest BCUT2D eigenvalue weighted by molar-refractivity contribution is 0.0870. The zero-order chi connectivity index (χ0) is 12.7. The van der Waals surface area contributed by atoms with Gasteiger partial charge in [0.05, 0.1) is 31.1 Å². The molecule has 0 aliphatic heterocycles. The summed E-state index contributed by atoms with van der Waals surface area (Å²) in [5.74, 6) is 0.733. The summed E-state index contributed by atoms with van der Waals surface area (Å²) in [7, 11) is 1.60. The first kappa shape index (κ1) is 13.3. The van der Waals surface area contributed by atoms with Crippen LogP contribution in [0, 0.1) is 11.3 Å². The van der Waals surface area contributed by atoms with Crippen molar-refractivity contribution < 1.29 is 9.47 Å². The topological polar surface area (TPSA) is 54.3 Å². The third kappa shape index (κ3) is 4.33. The van der Waals surface area contributed by atoms with Gasteiger partial charge in [0.1, 0.15) is 11.8 Å². The van der Waals surface area contributed by atoms with Gasteiger partial charge in [-0.1, -0.05) is 0 Å². The van der Waals surface area contributed by atoms with E-state index in [1.54, 1.807) is 19.2 Å². The minimum absolute atomic E-state index is 0.220. The van der Waals surface area contributed by atoms with Crippen molar-refractivity contribution in [3.8, 4) is 11.8 Å². The van der Waals surface area contributed by atoms with Crippen molar-refractivity contribution in [2.75, 3.05) is 25.6 Å². The quantitative estimate of drug-likeness (QED) is 0.768. The van der Waals surface area contributed by atoms with Gasteiger partial charge in [-0.2, -0.15) is 5.26 Å². The first-order chi connectivity index (χ1) is 8.17. The smallest absolute Gasteiger partial charge is 0.121 e. The van der Waals surface area contributed by atoms with Gasteiger partial charge in [0.2, 0.25) is 0 Å². The molecule has 0 spiro atoms. The van der Waals surface area contributed by atoms with E-state index in [1.165, 1.54) is 0 Å². The summed E-state index contributed by atoms with van der Waals surface area (Å²) in [4.78, 5) is 0. The van der Waals surface area contributed by atoms with Gasteiger partial charge in [-0.15, -0.1) is 0 Å². The first-order valence-corrected chi connectivity index (χ1v) is 5.61. The molecule has 1 rings (SSSR count). The summed E-state index contributed by atoms with van der Waals surface area (Å²) >= 11 is 0. The van der Waals surface area contributed by atoms with Crippen LogP contribution in [0.1, 0.15) is 19.4 Å². The molecule has 1 aromatic carbocycles. The second kappa shape index (κ2) is 6.77. The molecule has 0 amide bonds. The fourth-order valence-electron chi connectivity index (χ4n) is 1.37. The zero-order valence-electron chi connectivity index (χ0n) is 10.5. The second-order valence-corrected chi connectivity index (χ2v) is 3.87. The molecule has 0 aliphatic carbocycles. The molecular formula is C13H18N2O2. The van der Waals surface area contributed by atoms with E-state index in [2.05, 4.69) is 11.4 Å². The summed E-state index contributed by atoms with van der Waals surface area (Å²) in [5.41, 5.74) is 1.38. The van der Waals surface area contributed by atoms with E-state index in [-0.39, 0.29) is 6.10 Å². The van der Waals surface area contributed by atoms with E-state index in [1.807, 2.05) is 19.9 Å². The molecule has 0 fully saturated rings. The third-order valence-electron chi connectivity index (χ3n) is 2.22. The number of nitrogens with zero attached hydrogens (tertiary/aromatic N) is 1. The van der Waals surface area contributed by atoms with E-state index in [4.69, 9.17) is 14.7 Å². The summed E-state index contributed by atoms with van der Waals surface area (Å²) < 4.78 is 10.5. The lowest BCUT2D eigenvalue weighted by atomic mass is 10.2. The van der Waals surface area contributed by atoms with Crippen LogP contribution in [0.2, 0.25) is 0 Å². The molecule has 0 saturated heterocycles. The molecule has 0 unspecified atom stereocenters. The Morgan fingerprint density at radius 2 is 2.18 bits per heavy atom. The molecule has 4 heteroatoms. The largest absolute Gasteiger partial charge is 0.497 e. The Kier molecular flexibility index (Phi) is 5.31. The molecule has 0 aliphatic rings. The van der Waals surface area contributed by atoms with E-state index in [0.717, 1.165) is 11.4 Å². The van der Waals surface area contributed by atoms with Crippen LogP contribution in [0.5, 0.6) is 5.75 Å². The Labute approximate surface area is 102 Å². The average Bonchev–Trinajstić information content (AvgIpc) is 2.34. The number of nitriles is 1. The Balaban J connectivity index is 2.59. The Hall–Kier alpha value is -1.73. The van der Waals surface area contributed by atoms with Crippen molar-refractivity contribution in [1.29, 1.82) is 5.26 Å². The molecule has 0 heterocycles. The van der Waals surface area contributed by atoms with Gasteiger partial charge in [-0.3, -0.25) is 0 Å². The number of rotatable bonds is 6. The Morgan fingerprint density at radius 1 is 1.41 bits per heavy atom. The van der Waals surface area contributed by atoms with Crippen molar-refractivity contribution >= 4 is 5.69 Å². The van der Waals surface area contributed by atoms with Crippen LogP contribution in [0.25, 0.3) is 0 Å². The minimum atomic E-state index is 0.220. The maximum Gasteiger partial charge on any atom is 0.121 e. The maximum atomic E-state index is 8.96. The second-order valence-electron chi connectivity index (χ2n) is 3.87. The van der Waals surface area contributed by atoms with Crippen molar-refractivity contribution in [3.63, 3.8) is 0 Å². The number of ether oxygens (including phenoxy) is 2. The highest BCUT2D eigenvalue weighted by atomic mass is 16.5.